The molecule has 0 aliphatic carbocycles. The SMILES string of the molecule is O=C(C(Oc1cc(F)ccc1[N+](=O)[O-])c1ccccc1)N1CCOCC1. The Labute approximate surface area is 149 Å². The van der Waals surface area contributed by atoms with Crippen molar-refractivity contribution in [1.82, 2.24) is 4.90 Å². The zero-order valence-corrected chi connectivity index (χ0v) is 13.8. The van der Waals surface area contributed by atoms with Crippen LogP contribution in [0.15, 0.2) is 48.5 Å². The molecule has 2 aromatic carbocycles. The van der Waals surface area contributed by atoms with E-state index in [4.69, 9.17) is 9.47 Å². The summed E-state index contributed by atoms with van der Waals surface area (Å²) in [5.74, 6) is -1.32. The van der Waals surface area contributed by atoms with Gasteiger partial charge in [-0.25, -0.2) is 4.39 Å². The molecule has 3 rings (SSSR count). The fourth-order valence-electron chi connectivity index (χ4n) is 2.70. The average molecular weight is 360 g/mol. The highest BCUT2D eigenvalue weighted by Gasteiger charge is 2.31. The highest BCUT2D eigenvalue weighted by atomic mass is 19.1. The summed E-state index contributed by atoms with van der Waals surface area (Å²) in [6.07, 6.45) is -1.12. The van der Waals surface area contributed by atoms with Gasteiger partial charge in [0, 0.05) is 30.8 Å². The Morgan fingerprint density at radius 1 is 1.19 bits per heavy atom. The van der Waals surface area contributed by atoms with Crippen molar-refractivity contribution in [1.29, 1.82) is 0 Å². The molecule has 1 aliphatic heterocycles. The van der Waals surface area contributed by atoms with E-state index >= 15 is 0 Å². The largest absolute Gasteiger partial charge is 0.468 e. The highest BCUT2D eigenvalue weighted by molar-refractivity contribution is 5.83. The number of benzene rings is 2. The third-order valence-corrected chi connectivity index (χ3v) is 4.01. The molecule has 1 fully saturated rings. The topological polar surface area (TPSA) is 81.9 Å². The van der Waals surface area contributed by atoms with Gasteiger partial charge in [0.05, 0.1) is 18.1 Å². The molecule has 1 heterocycles. The van der Waals surface area contributed by atoms with Gasteiger partial charge in [-0.3, -0.25) is 14.9 Å². The Bertz CT molecular complexity index is 793. The van der Waals surface area contributed by atoms with Gasteiger partial charge < -0.3 is 14.4 Å². The lowest BCUT2D eigenvalue weighted by atomic mass is 10.1. The van der Waals surface area contributed by atoms with Crippen LogP contribution in [0, 0.1) is 15.9 Å². The number of hydrogen-bond acceptors (Lipinski definition) is 5. The summed E-state index contributed by atoms with van der Waals surface area (Å²) in [5, 5.41) is 11.2. The number of hydrogen-bond donors (Lipinski definition) is 0. The van der Waals surface area contributed by atoms with E-state index in [-0.39, 0.29) is 11.7 Å². The molecular weight excluding hydrogens is 343 g/mol. The first kappa shape index (κ1) is 17.8. The normalized spacial score (nSPS) is 15.3. The molecule has 0 radical (unpaired) electrons. The molecule has 1 aliphatic rings. The lowest BCUT2D eigenvalue weighted by Gasteiger charge is -2.30. The van der Waals surface area contributed by atoms with Crippen molar-refractivity contribution in [3.05, 3.63) is 70.0 Å². The van der Waals surface area contributed by atoms with Gasteiger partial charge in [-0.2, -0.15) is 0 Å². The van der Waals surface area contributed by atoms with Gasteiger partial charge >= 0.3 is 5.69 Å². The van der Waals surface area contributed by atoms with Crippen molar-refractivity contribution in [2.75, 3.05) is 26.3 Å². The molecule has 26 heavy (non-hydrogen) atoms. The van der Waals surface area contributed by atoms with Crippen LogP contribution in [0.25, 0.3) is 0 Å². The molecule has 0 saturated carbocycles. The summed E-state index contributed by atoms with van der Waals surface area (Å²) < 4.78 is 24.5. The van der Waals surface area contributed by atoms with Crippen LogP contribution in [0.1, 0.15) is 11.7 Å². The van der Waals surface area contributed by atoms with Crippen LogP contribution < -0.4 is 4.74 Å². The van der Waals surface area contributed by atoms with Crippen molar-refractivity contribution in [2.24, 2.45) is 0 Å². The number of rotatable bonds is 5. The third kappa shape index (κ3) is 3.97. The van der Waals surface area contributed by atoms with E-state index in [9.17, 15) is 19.3 Å². The molecule has 0 aromatic heterocycles. The van der Waals surface area contributed by atoms with Crippen LogP contribution in [0.3, 0.4) is 0 Å². The van der Waals surface area contributed by atoms with E-state index in [0.29, 0.717) is 31.9 Å². The second-order valence-corrected chi connectivity index (χ2v) is 5.72. The van der Waals surface area contributed by atoms with Crippen molar-refractivity contribution in [2.45, 2.75) is 6.10 Å². The van der Waals surface area contributed by atoms with Crippen LogP contribution in [-0.4, -0.2) is 42.0 Å². The predicted octanol–water partition coefficient (Wildman–Crippen LogP) is 2.71. The maximum Gasteiger partial charge on any atom is 0.311 e. The van der Waals surface area contributed by atoms with Gasteiger partial charge in [-0.1, -0.05) is 30.3 Å². The quantitative estimate of drug-likeness (QED) is 0.605. The molecule has 2 aromatic rings. The molecular formula is C18H17FN2O5. The van der Waals surface area contributed by atoms with E-state index in [1.165, 1.54) is 0 Å². The van der Waals surface area contributed by atoms with Crippen molar-refractivity contribution in [3.63, 3.8) is 0 Å². The maximum atomic E-state index is 13.6. The molecule has 1 unspecified atom stereocenters. The third-order valence-electron chi connectivity index (χ3n) is 4.01. The minimum Gasteiger partial charge on any atom is -0.468 e. The molecule has 136 valence electrons. The summed E-state index contributed by atoms with van der Waals surface area (Å²) in [5.41, 5.74) is 0.129. The molecule has 1 amide bonds. The lowest BCUT2D eigenvalue weighted by Crippen LogP contribution is -2.44. The van der Waals surface area contributed by atoms with Crippen molar-refractivity contribution >= 4 is 11.6 Å². The lowest BCUT2D eigenvalue weighted by molar-refractivity contribution is -0.386. The van der Waals surface area contributed by atoms with Crippen LogP contribution in [-0.2, 0) is 9.53 Å². The number of carbonyl (C=O) groups excluding carboxylic acids is 1. The minimum atomic E-state index is -1.12. The van der Waals surface area contributed by atoms with Gasteiger partial charge in [-0.15, -0.1) is 0 Å². The molecule has 1 atom stereocenters. The second kappa shape index (κ2) is 7.92. The zero-order valence-electron chi connectivity index (χ0n) is 13.8. The molecule has 0 bridgehead atoms. The van der Waals surface area contributed by atoms with E-state index in [1.54, 1.807) is 35.2 Å². The van der Waals surface area contributed by atoms with Gasteiger partial charge in [0.25, 0.3) is 5.91 Å². The van der Waals surface area contributed by atoms with Crippen molar-refractivity contribution < 1.29 is 23.6 Å². The Morgan fingerprint density at radius 2 is 1.88 bits per heavy atom. The molecule has 1 saturated heterocycles. The number of nitro benzene ring substituents is 1. The summed E-state index contributed by atoms with van der Waals surface area (Å²) in [4.78, 5) is 25.1. The first-order chi connectivity index (χ1) is 12.6. The second-order valence-electron chi connectivity index (χ2n) is 5.72. The van der Waals surface area contributed by atoms with E-state index in [0.717, 1.165) is 18.2 Å². The zero-order chi connectivity index (χ0) is 18.5. The van der Waals surface area contributed by atoms with Gasteiger partial charge in [-0.05, 0) is 6.07 Å². The minimum absolute atomic E-state index is 0.287. The molecule has 0 spiro atoms. The summed E-state index contributed by atoms with van der Waals surface area (Å²) in [6, 6.07) is 11.5. The number of morpholine rings is 1. The van der Waals surface area contributed by atoms with E-state index in [1.807, 2.05) is 0 Å². The fraction of sp³-hybridized carbons (Fsp3) is 0.278. The highest BCUT2D eigenvalue weighted by Crippen LogP contribution is 2.32. The monoisotopic (exact) mass is 360 g/mol. The van der Waals surface area contributed by atoms with E-state index < -0.39 is 22.5 Å². The van der Waals surface area contributed by atoms with E-state index in [2.05, 4.69) is 0 Å². The number of nitro groups is 1. The number of ether oxygens (including phenoxy) is 2. The number of carbonyl (C=O) groups is 1. The summed E-state index contributed by atoms with van der Waals surface area (Å²) in [6.45, 7) is 1.62. The Kier molecular flexibility index (Phi) is 5.43. The smallest absolute Gasteiger partial charge is 0.311 e. The first-order valence-corrected chi connectivity index (χ1v) is 8.08. The number of halogens is 1. The maximum absolute atomic E-state index is 13.6. The van der Waals surface area contributed by atoms with Gasteiger partial charge in [0.15, 0.2) is 0 Å². The number of amides is 1. The molecule has 0 N–H and O–H groups in total. The standard InChI is InChI=1S/C18H17FN2O5/c19-14-6-7-15(21(23)24)16(12-14)26-17(13-4-2-1-3-5-13)18(22)20-8-10-25-11-9-20/h1-7,12,17H,8-11H2. The first-order valence-electron chi connectivity index (χ1n) is 8.08. The molecule has 8 heteroatoms. The van der Waals surface area contributed by atoms with Crippen LogP contribution in [0.5, 0.6) is 5.75 Å². The summed E-state index contributed by atoms with van der Waals surface area (Å²) in [7, 11) is 0. The fourth-order valence-corrected chi connectivity index (χ4v) is 2.70. The van der Waals surface area contributed by atoms with Gasteiger partial charge in [0.2, 0.25) is 11.9 Å². The Morgan fingerprint density at radius 3 is 2.54 bits per heavy atom. The number of nitrogens with zero attached hydrogens (tertiary/aromatic N) is 2. The predicted molar refractivity (Wildman–Crippen MR) is 90.3 cm³/mol. The van der Waals surface area contributed by atoms with Crippen molar-refractivity contribution in [3.8, 4) is 5.75 Å². The molecule has 7 nitrogen and oxygen atoms in total. The summed E-state index contributed by atoms with van der Waals surface area (Å²) >= 11 is 0. The van der Waals surface area contributed by atoms with Crippen LogP contribution >= 0.6 is 0 Å². The van der Waals surface area contributed by atoms with Crippen LogP contribution in [0.4, 0.5) is 10.1 Å². The Hall–Kier alpha value is -3.00. The average Bonchev–Trinajstić information content (AvgIpc) is 2.67. The van der Waals surface area contributed by atoms with Crippen LogP contribution in [0.2, 0.25) is 0 Å². The van der Waals surface area contributed by atoms with Gasteiger partial charge in [0.1, 0.15) is 5.82 Å². The Balaban J connectivity index is 1.95.